The minimum absolute atomic E-state index is 0.000768. The standard InChI is InChI=1S/C20H22N4O3/c1-14(2)27-13-19(25)23-17-5-3-16(4-6-17)20(26)22-12-15-7-9-24-10-8-21-18(24)11-15/h3-11,14H,12-13H2,1-2H3,(H,22,26)(H,23,25). The van der Waals surface area contributed by atoms with Gasteiger partial charge in [0.05, 0.1) is 6.10 Å². The summed E-state index contributed by atoms with van der Waals surface area (Å²) in [6.07, 6.45) is 5.50. The summed E-state index contributed by atoms with van der Waals surface area (Å²) < 4.78 is 7.16. The quantitative estimate of drug-likeness (QED) is 0.673. The van der Waals surface area contributed by atoms with E-state index in [9.17, 15) is 9.59 Å². The van der Waals surface area contributed by atoms with Crippen molar-refractivity contribution in [2.45, 2.75) is 26.5 Å². The number of anilines is 1. The maximum absolute atomic E-state index is 12.3. The largest absolute Gasteiger partial charge is 0.369 e. The van der Waals surface area contributed by atoms with E-state index in [-0.39, 0.29) is 24.5 Å². The lowest BCUT2D eigenvalue weighted by atomic mass is 10.2. The summed E-state index contributed by atoms with van der Waals surface area (Å²) in [4.78, 5) is 28.3. The summed E-state index contributed by atoms with van der Waals surface area (Å²) >= 11 is 0. The average Bonchev–Trinajstić information content (AvgIpc) is 3.13. The van der Waals surface area contributed by atoms with Crippen LogP contribution in [0.1, 0.15) is 29.8 Å². The van der Waals surface area contributed by atoms with Gasteiger partial charge in [-0.15, -0.1) is 0 Å². The Labute approximate surface area is 157 Å². The SMILES string of the molecule is CC(C)OCC(=O)Nc1ccc(C(=O)NCc2ccn3ccnc3c2)cc1. The smallest absolute Gasteiger partial charge is 0.251 e. The predicted octanol–water partition coefficient (Wildman–Crippen LogP) is 2.63. The van der Waals surface area contributed by atoms with Gasteiger partial charge in [-0.25, -0.2) is 4.98 Å². The molecule has 0 saturated carbocycles. The minimum atomic E-state index is -0.227. The van der Waals surface area contributed by atoms with E-state index < -0.39 is 0 Å². The number of pyridine rings is 1. The van der Waals surface area contributed by atoms with Crippen molar-refractivity contribution in [3.63, 3.8) is 0 Å². The van der Waals surface area contributed by atoms with Crippen molar-refractivity contribution < 1.29 is 14.3 Å². The molecular weight excluding hydrogens is 344 g/mol. The molecule has 27 heavy (non-hydrogen) atoms. The van der Waals surface area contributed by atoms with Crippen LogP contribution < -0.4 is 10.6 Å². The second-order valence-corrected chi connectivity index (χ2v) is 6.40. The second kappa shape index (κ2) is 8.46. The summed E-state index contributed by atoms with van der Waals surface area (Å²) in [5, 5.41) is 5.61. The topological polar surface area (TPSA) is 84.7 Å². The fourth-order valence-corrected chi connectivity index (χ4v) is 2.49. The number of fused-ring (bicyclic) bond motifs is 1. The first-order valence-electron chi connectivity index (χ1n) is 8.72. The monoisotopic (exact) mass is 366 g/mol. The Kier molecular flexibility index (Phi) is 5.83. The zero-order valence-electron chi connectivity index (χ0n) is 15.3. The van der Waals surface area contributed by atoms with Crippen molar-refractivity contribution in [3.8, 4) is 0 Å². The molecule has 0 saturated heterocycles. The number of imidazole rings is 1. The molecule has 0 aliphatic carbocycles. The highest BCUT2D eigenvalue weighted by molar-refractivity contribution is 5.96. The van der Waals surface area contributed by atoms with Gasteiger partial charge in [-0.3, -0.25) is 9.59 Å². The maximum Gasteiger partial charge on any atom is 0.251 e. The van der Waals surface area contributed by atoms with Crippen LogP contribution in [0.4, 0.5) is 5.69 Å². The molecule has 2 amide bonds. The molecule has 7 nitrogen and oxygen atoms in total. The lowest BCUT2D eigenvalue weighted by Crippen LogP contribution is -2.23. The van der Waals surface area contributed by atoms with Gasteiger partial charge in [0.1, 0.15) is 12.3 Å². The van der Waals surface area contributed by atoms with Gasteiger partial charge in [0.15, 0.2) is 0 Å². The highest BCUT2D eigenvalue weighted by atomic mass is 16.5. The minimum Gasteiger partial charge on any atom is -0.369 e. The summed E-state index contributed by atoms with van der Waals surface area (Å²) in [7, 11) is 0. The van der Waals surface area contributed by atoms with Crippen molar-refractivity contribution in [2.24, 2.45) is 0 Å². The lowest BCUT2D eigenvalue weighted by Gasteiger charge is -2.09. The van der Waals surface area contributed by atoms with Gasteiger partial charge in [-0.2, -0.15) is 0 Å². The fraction of sp³-hybridized carbons (Fsp3) is 0.250. The average molecular weight is 366 g/mol. The van der Waals surface area contributed by atoms with Gasteiger partial charge in [0.2, 0.25) is 5.91 Å². The van der Waals surface area contributed by atoms with Gasteiger partial charge >= 0.3 is 0 Å². The molecule has 2 aromatic heterocycles. The van der Waals surface area contributed by atoms with Crippen LogP contribution in [0.25, 0.3) is 5.65 Å². The number of carbonyl (C=O) groups is 2. The zero-order chi connectivity index (χ0) is 19.2. The molecule has 2 N–H and O–H groups in total. The molecule has 0 bridgehead atoms. The van der Waals surface area contributed by atoms with Crippen LogP contribution in [0.5, 0.6) is 0 Å². The molecule has 1 aromatic carbocycles. The van der Waals surface area contributed by atoms with E-state index in [2.05, 4.69) is 15.6 Å². The molecule has 0 spiro atoms. The Balaban J connectivity index is 1.53. The highest BCUT2D eigenvalue weighted by Gasteiger charge is 2.08. The summed E-state index contributed by atoms with van der Waals surface area (Å²) in [5.41, 5.74) is 2.95. The first-order valence-corrected chi connectivity index (χ1v) is 8.72. The van der Waals surface area contributed by atoms with Gasteiger partial charge in [-0.05, 0) is 55.8 Å². The Hall–Kier alpha value is -3.19. The van der Waals surface area contributed by atoms with Crippen molar-refractivity contribution in [1.29, 1.82) is 0 Å². The van der Waals surface area contributed by atoms with E-state index in [1.807, 2.05) is 42.8 Å². The number of nitrogens with one attached hydrogen (secondary N) is 2. The molecule has 0 radical (unpaired) electrons. The normalized spacial score (nSPS) is 10.9. The maximum atomic E-state index is 12.3. The molecule has 0 fully saturated rings. The number of aromatic nitrogens is 2. The first-order chi connectivity index (χ1) is 13.0. The van der Waals surface area contributed by atoms with E-state index >= 15 is 0 Å². The Bertz CT molecular complexity index is 932. The molecule has 0 aliphatic heterocycles. The molecule has 140 valence electrons. The molecule has 2 heterocycles. The van der Waals surface area contributed by atoms with Gasteiger partial charge in [0, 0.05) is 36.4 Å². The van der Waals surface area contributed by atoms with Crippen molar-refractivity contribution in [2.75, 3.05) is 11.9 Å². The van der Waals surface area contributed by atoms with Crippen LogP contribution in [0.3, 0.4) is 0 Å². The Morgan fingerprint density at radius 3 is 2.67 bits per heavy atom. The van der Waals surface area contributed by atoms with Crippen LogP contribution in [0, 0.1) is 0 Å². The molecule has 0 atom stereocenters. The molecule has 0 unspecified atom stereocenters. The molecular formula is C20H22N4O3. The van der Waals surface area contributed by atoms with Crippen LogP contribution in [-0.2, 0) is 16.1 Å². The van der Waals surface area contributed by atoms with Crippen LogP contribution in [0.2, 0.25) is 0 Å². The number of hydrogen-bond acceptors (Lipinski definition) is 4. The highest BCUT2D eigenvalue weighted by Crippen LogP contribution is 2.10. The van der Waals surface area contributed by atoms with Crippen molar-refractivity contribution in [3.05, 3.63) is 66.1 Å². The number of nitrogens with zero attached hydrogens (tertiary/aromatic N) is 2. The Morgan fingerprint density at radius 2 is 1.93 bits per heavy atom. The summed E-state index contributed by atoms with van der Waals surface area (Å²) in [6.45, 7) is 4.15. The lowest BCUT2D eigenvalue weighted by molar-refractivity contribution is -0.121. The van der Waals surface area contributed by atoms with E-state index in [0.717, 1.165) is 11.2 Å². The number of hydrogen-bond donors (Lipinski definition) is 2. The Morgan fingerprint density at radius 1 is 1.15 bits per heavy atom. The fourth-order valence-electron chi connectivity index (χ4n) is 2.49. The number of amides is 2. The van der Waals surface area contributed by atoms with Crippen molar-refractivity contribution in [1.82, 2.24) is 14.7 Å². The number of ether oxygens (including phenoxy) is 1. The number of carbonyl (C=O) groups excluding carboxylic acids is 2. The first kappa shape index (κ1) is 18.6. The summed E-state index contributed by atoms with van der Waals surface area (Å²) in [6, 6.07) is 10.6. The van der Waals surface area contributed by atoms with Crippen molar-refractivity contribution >= 4 is 23.1 Å². The van der Waals surface area contributed by atoms with Gasteiger partial charge in [0.25, 0.3) is 5.91 Å². The molecule has 3 aromatic rings. The van der Waals surface area contributed by atoms with E-state index in [1.54, 1.807) is 30.5 Å². The van der Waals surface area contributed by atoms with Crippen LogP contribution in [-0.4, -0.2) is 33.9 Å². The van der Waals surface area contributed by atoms with Crippen LogP contribution in [0.15, 0.2) is 55.0 Å². The molecule has 7 heteroatoms. The predicted molar refractivity (Wildman–Crippen MR) is 103 cm³/mol. The summed E-state index contributed by atoms with van der Waals surface area (Å²) in [5.74, 6) is -0.408. The molecule has 3 rings (SSSR count). The third kappa shape index (κ3) is 5.15. The van der Waals surface area contributed by atoms with E-state index in [4.69, 9.17) is 4.74 Å². The third-order valence-corrected chi connectivity index (χ3v) is 3.89. The van der Waals surface area contributed by atoms with Gasteiger partial charge < -0.3 is 19.8 Å². The number of rotatable bonds is 7. The molecule has 0 aliphatic rings. The van der Waals surface area contributed by atoms with E-state index in [0.29, 0.717) is 17.8 Å². The van der Waals surface area contributed by atoms with Gasteiger partial charge in [-0.1, -0.05) is 0 Å². The zero-order valence-corrected chi connectivity index (χ0v) is 15.3. The van der Waals surface area contributed by atoms with E-state index in [1.165, 1.54) is 0 Å². The van der Waals surface area contributed by atoms with Crippen LogP contribution >= 0.6 is 0 Å². The number of benzene rings is 1. The third-order valence-electron chi connectivity index (χ3n) is 3.89. The second-order valence-electron chi connectivity index (χ2n) is 6.40.